The second-order valence-electron chi connectivity index (χ2n) is 9.31. The lowest BCUT2D eigenvalue weighted by molar-refractivity contribution is 0.153. The van der Waals surface area contributed by atoms with Gasteiger partial charge in [0, 0.05) is 5.39 Å². The lowest BCUT2D eigenvalue weighted by Gasteiger charge is -2.14. The van der Waals surface area contributed by atoms with Crippen molar-refractivity contribution in [1.29, 1.82) is 0 Å². The van der Waals surface area contributed by atoms with Crippen molar-refractivity contribution in [2.24, 2.45) is 11.8 Å². The summed E-state index contributed by atoms with van der Waals surface area (Å²) >= 11 is 1.36. The maximum Gasteiger partial charge on any atom is 0.159 e. The van der Waals surface area contributed by atoms with Crippen LogP contribution in [0.2, 0.25) is 0 Å². The van der Waals surface area contributed by atoms with Crippen LogP contribution in [0.25, 0.3) is 32.0 Å². The SMILES string of the molecule is Cc1cccc2c(-c3nc(C(O)CCC4CC[C@@H](C)C4)c(-c4ccc(F)c(F)c4)s3)[nH]nc12. The van der Waals surface area contributed by atoms with Gasteiger partial charge in [-0.25, -0.2) is 13.8 Å². The molecule has 2 aromatic carbocycles. The molecule has 2 N–H and O–H groups in total. The molecular weight excluding hydrogens is 440 g/mol. The Balaban J connectivity index is 1.53. The number of aliphatic hydroxyl groups excluding tert-OH is 1. The van der Waals surface area contributed by atoms with Gasteiger partial charge in [0.25, 0.3) is 0 Å². The van der Waals surface area contributed by atoms with E-state index in [1.54, 1.807) is 6.07 Å². The first-order valence-electron chi connectivity index (χ1n) is 11.5. The fourth-order valence-electron chi connectivity index (χ4n) is 4.97. The number of nitrogens with one attached hydrogen (secondary N) is 1. The molecule has 1 fully saturated rings. The average molecular weight is 468 g/mol. The van der Waals surface area contributed by atoms with Crippen molar-refractivity contribution in [2.75, 3.05) is 0 Å². The topological polar surface area (TPSA) is 61.8 Å². The Morgan fingerprint density at radius 1 is 1.18 bits per heavy atom. The Labute approximate surface area is 195 Å². The zero-order valence-corrected chi connectivity index (χ0v) is 19.6. The molecule has 0 spiro atoms. The van der Waals surface area contributed by atoms with Gasteiger partial charge < -0.3 is 5.11 Å². The lowest BCUT2D eigenvalue weighted by atomic mass is 9.96. The zero-order valence-electron chi connectivity index (χ0n) is 18.7. The van der Waals surface area contributed by atoms with Crippen molar-refractivity contribution in [3.8, 4) is 21.1 Å². The third-order valence-electron chi connectivity index (χ3n) is 6.80. The molecule has 1 saturated carbocycles. The molecule has 1 aliphatic carbocycles. The van der Waals surface area contributed by atoms with E-state index >= 15 is 0 Å². The summed E-state index contributed by atoms with van der Waals surface area (Å²) in [6.07, 6.45) is 4.40. The van der Waals surface area contributed by atoms with E-state index in [0.29, 0.717) is 33.5 Å². The van der Waals surface area contributed by atoms with Crippen LogP contribution in [0.3, 0.4) is 0 Å². The Bertz CT molecular complexity index is 1300. The van der Waals surface area contributed by atoms with Gasteiger partial charge in [-0.2, -0.15) is 5.10 Å². The summed E-state index contributed by atoms with van der Waals surface area (Å²) in [7, 11) is 0. The van der Waals surface area contributed by atoms with E-state index in [4.69, 9.17) is 4.98 Å². The van der Waals surface area contributed by atoms with Crippen LogP contribution >= 0.6 is 11.3 Å². The van der Waals surface area contributed by atoms with Crippen LogP contribution in [-0.4, -0.2) is 20.3 Å². The normalized spacial score (nSPS) is 19.4. The van der Waals surface area contributed by atoms with Crippen molar-refractivity contribution >= 4 is 22.2 Å². The van der Waals surface area contributed by atoms with Gasteiger partial charge in [-0.15, -0.1) is 11.3 Å². The molecule has 0 saturated heterocycles. The maximum absolute atomic E-state index is 14.1. The van der Waals surface area contributed by atoms with Crippen molar-refractivity contribution in [2.45, 2.75) is 52.1 Å². The van der Waals surface area contributed by atoms with Gasteiger partial charge in [0.2, 0.25) is 0 Å². The first-order valence-corrected chi connectivity index (χ1v) is 12.3. The third kappa shape index (κ3) is 4.32. The number of aryl methyl sites for hydroxylation is 1. The lowest BCUT2D eigenvalue weighted by Crippen LogP contribution is -2.04. The summed E-state index contributed by atoms with van der Waals surface area (Å²) in [5.74, 6) is -0.437. The molecule has 5 rings (SSSR count). The monoisotopic (exact) mass is 467 g/mol. The van der Waals surface area contributed by atoms with Crippen LogP contribution in [-0.2, 0) is 0 Å². The summed E-state index contributed by atoms with van der Waals surface area (Å²) in [6.45, 7) is 4.28. The molecule has 0 bridgehead atoms. The van der Waals surface area contributed by atoms with Crippen molar-refractivity contribution in [3.63, 3.8) is 0 Å². The van der Waals surface area contributed by atoms with Gasteiger partial charge in [-0.3, -0.25) is 5.10 Å². The standard InChI is InChI=1S/C26H27F2N3OS/c1-14-6-7-16(12-14)8-11-21(32)24-25(17-9-10-19(27)20(28)13-17)33-26(29-24)23-18-5-3-4-15(2)22(18)30-31-23/h3-5,9-10,13-14,16,21,32H,6-8,11-12H2,1-2H3,(H,30,31)/t14-,16?,21?/m1/s1. The van der Waals surface area contributed by atoms with E-state index in [-0.39, 0.29) is 0 Å². The van der Waals surface area contributed by atoms with E-state index < -0.39 is 17.7 Å². The van der Waals surface area contributed by atoms with Crippen LogP contribution in [0.5, 0.6) is 0 Å². The van der Waals surface area contributed by atoms with E-state index in [9.17, 15) is 13.9 Å². The first-order chi connectivity index (χ1) is 15.9. The molecule has 0 radical (unpaired) electrons. The van der Waals surface area contributed by atoms with Gasteiger partial charge in [-0.05, 0) is 61.3 Å². The largest absolute Gasteiger partial charge is 0.387 e. The molecule has 4 nitrogen and oxygen atoms in total. The van der Waals surface area contributed by atoms with Gasteiger partial charge in [-0.1, -0.05) is 44.0 Å². The molecule has 7 heteroatoms. The van der Waals surface area contributed by atoms with Crippen molar-refractivity contribution < 1.29 is 13.9 Å². The average Bonchev–Trinajstić information content (AvgIpc) is 3.52. The van der Waals surface area contributed by atoms with E-state index in [1.165, 1.54) is 36.7 Å². The van der Waals surface area contributed by atoms with Crippen LogP contribution < -0.4 is 0 Å². The Morgan fingerprint density at radius 3 is 2.79 bits per heavy atom. The number of aromatic nitrogens is 3. The molecule has 33 heavy (non-hydrogen) atoms. The van der Waals surface area contributed by atoms with Gasteiger partial charge in [0.15, 0.2) is 11.6 Å². The minimum absolute atomic E-state index is 0.515. The van der Waals surface area contributed by atoms with Crippen LogP contribution in [0.1, 0.15) is 56.4 Å². The molecule has 0 aliphatic heterocycles. The number of H-pyrrole nitrogens is 1. The molecule has 1 aliphatic rings. The van der Waals surface area contributed by atoms with E-state index in [0.717, 1.165) is 40.6 Å². The minimum atomic E-state index is -0.912. The number of rotatable bonds is 6. The highest BCUT2D eigenvalue weighted by Gasteiger charge is 2.26. The summed E-state index contributed by atoms with van der Waals surface area (Å²) in [4.78, 5) is 5.46. The number of hydrogen-bond acceptors (Lipinski definition) is 4. The number of fused-ring (bicyclic) bond motifs is 1. The van der Waals surface area contributed by atoms with Gasteiger partial charge in [0.1, 0.15) is 10.7 Å². The Kier molecular flexibility index (Phi) is 6.01. The summed E-state index contributed by atoms with van der Waals surface area (Å²) in [5, 5.41) is 20.3. The molecule has 3 atom stereocenters. The second-order valence-corrected chi connectivity index (χ2v) is 10.3. The Morgan fingerprint density at radius 2 is 2.03 bits per heavy atom. The molecule has 172 valence electrons. The smallest absolute Gasteiger partial charge is 0.159 e. The number of para-hydroxylation sites is 1. The minimum Gasteiger partial charge on any atom is -0.387 e. The molecule has 2 heterocycles. The maximum atomic E-state index is 14.1. The molecule has 4 aromatic rings. The predicted molar refractivity (Wildman–Crippen MR) is 128 cm³/mol. The summed E-state index contributed by atoms with van der Waals surface area (Å²) in [5.41, 5.74) is 3.72. The number of nitrogens with zero attached hydrogens (tertiary/aromatic N) is 2. The summed E-state index contributed by atoms with van der Waals surface area (Å²) in [6, 6.07) is 9.79. The number of thiazole rings is 1. The van der Waals surface area contributed by atoms with Crippen LogP contribution in [0.4, 0.5) is 8.78 Å². The molecule has 2 aromatic heterocycles. The van der Waals surface area contributed by atoms with Crippen molar-refractivity contribution in [1.82, 2.24) is 15.2 Å². The van der Waals surface area contributed by atoms with Gasteiger partial charge >= 0.3 is 0 Å². The van der Waals surface area contributed by atoms with Crippen LogP contribution in [0, 0.1) is 30.4 Å². The van der Waals surface area contributed by atoms with E-state index in [2.05, 4.69) is 17.1 Å². The zero-order chi connectivity index (χ0) is 23.1. The number of benzene rings is 2. The number of hydrogen-bond donors (Lipinski definition) is 2. The fraction of sp³-hybridized carbons (Fsp3) is 0.385. The fourth-order valence-corrected chi connectivity index (χ4v) is 6.10. The molecule has 2 unspecified atom stereocenters. The highest BCUT2D eigenvalue weighted by Crippen LogP contribution is 2.42. The molecular formula is C26H27F2N3OS. The van der Waals surface area contributed by atoms with Crippen molar-refractivity contribution in [3.05, 3.63) is 59.3 Å². The third-order valence-corrected chi connectivity index (χ3v) is 7.94. The van der Waals surface area contributed by atoms with E-state index in [1.807, 2.05) is 25.1 Å². The first kappa shape index (κ1) is 22.2. The number of aromatic amines is 1. The number of halogens is 2. The Hall–Kier alpha value is -2.64. The quantitative estimate of drug-likeness (QED) is 0.315. The summed E-state index contributed by atoms with van der Waals surface area (Å²) < 4.78 is 27.6. The predicted octanol–water partition coefficient (Wildman–Crippen LogP) is 7.19. The second kappa shape index (κ2) is 8.95. The van der Waals surface area contributed by atoms with Gasteiger partial charge in [0.05, 0.1) is 22.2 Å². The highest BCUT2D eigenvalue weighted by molar-refractivity contribution is 7.18. The molecule has 0 amide bonds. The highest BCUT2D eigenvalue weighted by atomic mass is 32.1. The number of aliphatic hydroxyl groups is 1. The van der Waals surface area contributed by atoms with Crippen LogP contribution in [0.15, 0.2) is 36.4 Å².